The highest BCUT2D eigenvalue weighted by molar-refractivity contribution is 7.89. The summed E-state index contributed by atoms with van der Waals surface area (Å²) in [4.78, 5) is 11.1. The van der Waals surface area contributed by atoms with Gasteiger partial charge in [-0.25, -0.2) is 8.42 Å². The number of aliphatic carboxylic acids is 1. The molecule has 1 aromatic rings. The quantitative estimate of drug-likeness (QED) is 0.714. The molecule has 0 aromatic heterocycles. The lowest BCUT2D eigenvalue weighted by molar-refractivity contribution is -0.139. The van der Waals surface area contributed by atoms with Gasteiger partial charge in [-0.05, 0) is 30.2 Å². The lowest BCUT2D eigenvalue weighted by Gasteiger charge is -2.15. The molecule has 0 aliphatic heterocycles. The molecule has 0 saturated heterocycles. The summed E-state index contributed by atoms with van der Waals surface area (Å²) in [7, 11) is -2.48. The maximum atomic E-state index is 12.3. The molecular formula is C14H20ClNO5S. The van der Waals surface area contributed by atoms with Gasteiger partial charge in [0, 0.05) is 12.1 Å². The molecule has 0 fully saturated rings. The molecule has 0 bridgehead atoms. The first-order chi connectivity index (χ1) is 10.3. The first kappa shape index (κ1) is 18.9. The van der Waals surface area contributed by atoms with Crippen molar-refractivity contribution >= 4 is 27.6 Å². The van der Waals surface area contributed by atoms with Crippen LogP contribution in [0.4, 0.5) is 0 Å². The molecule has 0 spiro atoms. The molecule has 1 aromatic carbocycles. The molecule has 6 nitrogen and oxygen atoms in total. The zero-order valence-electron chi connectivity index (χ0n) is 12.5. The molecule has 1 atom stereocenters. The third-order valence-electron chi connectivity index (χ3n) is 2.99. The second-order valence-electron chi connectivity index (χ2n) is 4.88. The van der Waals surface area contributed by atoms with Gasteiger partial charge in [0.2, 0.25) is 10.0 Å². The van der Waals surface area contributed by atoms with Crippen molar-refractivity contribution < 1.29 is 23.1 Å². The number of sulfonamides is 1. The SMILES string of the molecule is CCCCC(NS(=O)(=O)c1cc(Cl)cc(COC)c1)C(=O)O. The van der Waals surface area contributed by atoms with Crippen molar-refractivity contribution in [3.8, 4) is 0 Å². The number of rotatable bonds is 9. The number of ether oxygens (including phenoxy) is 1. The third-order valence-corrected chi connectivity index (χ3v) is 4.66. The molecule has 124 valence electrons. The van der Waals surface area contributed by atoms with Crippen LogP contribution in [-0.4, -0.2) is 32.6 Å². The van der Waals surface area contributed by atoms with E-state index in [-0.39, 0.29) is 22.9 Å². The molecule has 0 amide bonds. The van der Waals surface area contributed by atoms with E-state index >= 15 is 0 Å². The van der Waals surface area contributed by atoms with Gasteiger partial charge in [0.05, 0.1) is 11.5 Å². The Hall–Kier alpha value is -1.15. The Morgan fingerprint density at radius 3 is 2.64 bits per heavy atom. The topological polar surface area (TPSA) is 92.7 Å². The van der Waals surface area contributed by atoms with Gasteiger partial charge in [0.25, 0.3) is 0 Å². The van der Waals surface area contributed by atoms with Crippen LogP contribution in [0.1, 0.15) is 31.7 Å². The summed E-state index contributed by atoms with van der Waals surface area (Å²) in [6.07, 6.45) is 1.63. The van der Waals surface area contributed by atoms with Crippen LogP contribution in [-0.2, 0) is 26.2 Å². The van der Waals surface area contributed by atoms with Crippen molar-refractivity contribution in [1.82, 2.24) is 4.72 Å². The van der Waals surface area contributed by atoms with Crippen LogP contribution >= 0.6 is 11.6 Å². The molecule has 2 N–H and O–H groups in total. The van der Waals surface area contributed by atoms with Crippen LogP contribution in [0.15, 0.2) is 23.1 Å². The highest BCUT2D eigenvalue weighted by atomic mass is 35.5. The van der Waals surface area contributed by atoms with Gasteiger partial charge < -0.3 is 9.84 Å². The van der Waals surface area contributed by atoms with Crippen molar-refractivity contribution in [2.75, 3.05) is 7.11 Å². The maximum absolute atomic E-state index is 12.3. The van der Waals surface area contributed by atoms with Gasteiger partial charge >= 0.3 is 5.97 Å². The van der Waals surface area contributed by atoms with E-state index < -0.39 is 22.0 Å². The minimum Gasteiger partial charge on any atom is -0.480 e. The molecule has 1 unspecified atom stereocenters. The fourth-order valence-corrected chi connectivity index (χ4v) is 3.56. The number of methoxy groups -OCH3 is 1. The van der Waals surface area contributed by atoms with E-state index in [2.05, 4.69) is 4.72 Å². The number of hydrogen-bond donors (Lipinski definition) is 2. The molecule has 8 heteroatoms. The summed E-state index contributed by atoms with van der Waals surface area (Å²) < 4.78 is 31.9. The Balaban J connectivity index is 3.04. The van der Waals surface area contributed by atoms with Crippen LogP contribution in [0.2, 0.25) is 5.02 Å². The molecule has 0 aliphatic carbocycles. The minimum absolute atomic E-state index is 0.0743. The first-order valence-corrected chi connectivity index (χ1v) is 8.69. The van der Waals surface area contributed by atoms with E-state index in [0.29, 0.717) is 12.0 Å². The van der Waals surface area contributed by atoms with E-state index in [1.807, 2.05) is 6.92 Å². The van der Waals surface area contributed by atoms with Gasteiger partial charge in [0.1, 0.15) is 6.04 Å². The van der Waals surface area contributed by atoms with E-state index in [1.165, 1.54) is 19.2 Å². The third kappa shape index (κ3) is 5.57. The van der Waals surface area contributed by atoms with Crippen molar-refractivity contribution in [3.05, 3.63) is 28.8 Å². The van der Waals surface area contributed by atoms with E-state index in [9.17, 15) is 13.2 Å². The Morgan fingerprint density at radius 2 is 2.09 bits per heavy atom. The van der Waals surface area contributed by atoms with E-state index in [4.69, 9.17) is 21.4 Å². The number of halogens is 1. The fourth-order valence-electron chi connectivity index (χ4n) is 1.92. The number of benzene rings is 1. The number of carboxylic acids is 1. The maximum Gasteiger partial charge on any atom is 0.321 e. The molecule has 22 heavy (non-hydrogen) atoms. The summed E-state index contributed by atoms with van der Waals surface area (Å²) >= 11 is 5.91. The molecular weight excluding hydrogens is 330 g/mol. The Morgan fingerprint density at radius 1 is 1.41 bits per heavy atom. The lowest BCUT2D eigenvalue weighted by atomic mass is 10.1. The van der Waals surface area contributed by atoms with Crippen LogP contribution in [0, 0.1) is 0 Å². The van der Waals surface area contributed by atoms with Crippen LogP contribution in [0.25, 0.3) is 0 Å². The van der Waals surface area contributed by atoms with Gasteiger partial charge in [0.15, 0.2) is 0 Å². The van der Waals surface area contributed by atoms with Crippen LogP contribution in [0.5, 0.6) is 0 Å². The predicted molar refractivity (Wildman–Crippen MR) is 83.4 cm³/mol. The smallest absolute Gasteiger partial charge is 0.321 e. The molecule has 0 saturated carbocycles. The zero-order valence-corrected chi connectivity index (χ0v) is 14.1. The summed E-state index contributed by atoms with van der Waals surface area (Å²) in [5, 5.41) is 9.38. The normalized spacial score (nSPS) is 13.0. The predicted octanol–water partition coefficient (Wildman–Crippen LogP) is 2.41. The summed E-state index contributed by atoms with van der Waals surface area (Å²) in [6.45, 7) is 2.11. The summed E-state index contributed by atoms with van der Waals surface area (Å²) in [5.41, 5.74) is 0.593. The summed E-state index contributed by atoms with van der Waals surface area (Å²) in [6, 6.07) is 3.13. The average Bonchev–Trinajstić information content (AvgIpc) is 2.43. The Kier molecular flexibility index (Phi) is 7.28. The second-order valence-corrected chi connectivity index (χ2v) is 7.03. The van der Waals surface area contributed by atoms with Crippen molar-refractivity contribution in [1.29, 1.82) is 0 Å². The molecule has 0 aliphatic rings. The Bertz CT molecular complexity index is 618. The van der Waals surface area contributed by atoms with Crippen molar-refractivity contribution in [2.24, 2.45) is 0 Å². The average molecular weight is 350 g/mol. The number of nitrogens with one attached hydrogen (secondary N) is 1. The lowest BCUT2D eigenvalue weighted by Crippen LogP contribution is -2.40. The van der Waals surface area contributed by atoms with Gasteiger partial charge in [-0.15, -0.1) is 0 Å². The molecule has 1 rings (SSSR count). The molecule has 0 heterocycles. The van der Waals surface area contributed by atoms with Crippen molar-refractivity contribution in [2.45, 2.75) is 43.7 Å². The highest BCUT2D eigenvalue weighted by Gasteiger charge is 2.25. The number of carbonyl (C=O) groups is 1. The monoisotopic (exact) mass is 349 g/mol. The zero-order chi connectivity index (χ0) is 16.8. The van der Waals surface area contributed by atoms with Gasteiger partial charge in [-0.1, -0.05) is 31.4 Å². The number of unbranched alkanes of at least 4 members (excludes halogenated alkanes) is 1. The van der Waals surface area contributed by atoms with Gasteiger partial charge in [-0.3, -0.25) is 4.79 Å². The largest absolute Gasteiger partial charge is 0.480 e. The first-order valence-electron chi connectivity index (χ1n) is 6.83. The van der Waals surface area contributed by atoms with Crippen molar-refractivity contribution in [3.63, 3.8) is 0 Å². The number of carboxylic acid groups (broad SMARTS) is 1. The highest BCUT2D eigenvalue weighted by Crippen LogP contribution is 2.20. The van der Waals surface area contributed by atoms with Crippen LogP contribution in [0.3, 0.4) is 0 Å². The number of hydrogen-bond acceptors (Lipinski definition) is 4. The van der Waals surface area contributed by atoms with E-state index in [1.54, 1.807) is 6.07 Å². The van der Waals surface area contributed by atoms with Gasteiger partial charge in [-0.2, -0.15) is 4.72 Å². The summed E-state index contributed by atoms with van der Waals surface area (Å²) in [5.74, 6) is -1.20. The Labute approximate surface area is 135 Å². The van der Waals surface area contributed by atoms with E-state index in [0.717, 1.165) is 6.42 Å². The standard InChI is InChI=1S/C14H20ClNO5S/c1-3-4-5-13(14(17)18)16-22(19,20)12-7-10(9-21-2)6-11(15)8-12/h6-8,13,16H,3-5,9H2,1-2H3,(H,17,18). The molecule has 0 radical (unpaired) electrons. The van der Waals surface area contributed by atoms with Crippen LogP contribution < -0.4 is 4.72 Å². The second kappa shape index (κ2) is 8.47. The fraction of sp³-hybridized carbons (Fsp3) is 0.500. The minimum atomic E-state index is -3.97.